The Morgan fingerprint density at radius 1 is 1.11 bits per heavy atom. The first-order chi connectivity index (χ1) is 13.3. The molecule has 0 aromatic heterocycles. The fraction of sp³-hybridized carbons (Fsp3) is 0.417. The van der Waals surface area contributed by atoms with Crippen LogP contribution >= 0.6 is 0 Å². The molecule has 148 valence electrons. The van der Waals surface area contributed by atoms with Gasteiger partial charge in [0.05, 0.1) is 5.71 Å². The highest BCUT2D eigenvalue weighted by atomic mass is 16.5. The first-order valence-electron chi connectivity index (χ1n) is 10.0. The topological polar surface area (TPSA) is 50.7 Å². The predicted molar refractivity (Wildman–Crippen MR) is 114 cm³/mol. The number of hydrogen-bond donors (Lipinski definition) is 1. The minimum Gasteiger partial charge on any atom is -0.483 e. The second kappa shape index (κ2) is 8.59. The summed E-state index contributed by atoms with van der Waals surface area (Å²) in [4.78, 5) is 12.3. The van der Waals surface area contributed by atoms with E-state index in [1.807, 2.05) is 13.0 Å². The molecule has 4 heteroatoms. The zero-order valence-corrected chi connectivity index (χ0v) is 17.6. The number of ether oxygens (including phenoxy) is 1. The number of rotatable bonds is 5. The van der Waals surface area contributed by atoms with Gasteiger partial charge in [-0.15, -0.1) is 0 Å². The number of benzene rings is 2. The molecule has 0 fully saturated rings. The molecule has 0 spiro atoms. The molecule has 0 aliphatic heterocycles. The molecule has 0 saturated carbocycles. The second-order valence-corrected chi connectivity index (χ2v) is 8.04. The Morgan fingerprint density at radius 3 is 2.64 bits per heavy atom. The van der Waals surface area contributed by atoms with Crippen molar-refractivity contribution in [2.75, 3.05) is 6.61 Å². The summed E-state index contributed by atoms with van der Waals surface area (Å²) in [5.74, 6) is 0.872. The Balaban J connectivity index is 1.69. The molecule has 0 unspecified atom stereocenters. The molecule has 1 N–H and O–H groups in total. The molecule has 0 bridgehead atoms. The van der Waals surface area contributed by atoms with Crippen molar-refractivity contribution in [2.45, 2.75) is 59.8 Å². The Labute approximate surface area is 168 Å². The zero-order chi connectivity index (χ0) is 20.3. The molecule has 3 rings (SSSR count). The number of nitrogens with zero attached hydrogens (tertiary/aromatic N) is 1. The van der Waals surface area contributed by atoms with Crippen LogP contribution in [-0.2, 0) is 11.2 Å². The Hall–Kier alpha value is -2.62. The van der Waals surface area contributed by atoms with Crippen molar-refractivity contribution in [3.63, 3.8) is 0 Å². The molecule has 0 radical (unpaired) electrons. The number of hydrazone groups is 1. The quantitative estimate of drug-likeness (QED) is 0.747. The fourth-order valence-electron chi connectivity index (χ4n) is 3.82. The predicted octanol–water partition coefficient (Wildman–Crippen LogP) is 4.97. The monoisotopic (exact) mass is 378 g/mol. The molecule has 0 atom stereocenters. The van der Waals surface area contributed by atoms with Crippen molar-refractivity contribution >= 4 is 11.6 Å². The number of amides is 1. The third-order valence-electron chi connectivity index (χ3n) is 5.23. The lowest BCUT2D eigenvalue weighted by atomic mass is 9.86. The summed E-state index contributed by atoms with van der Waals surface area (Å²) >= 11 is 0. The minimum atomic E-state index is -0.236. The first kappa shape index (κ1) is 20.1. The van der Waals surface area contributed by atoms with Crippen LogP contribution in [0.15, 0.2) is 35.4 Å². The molecule has 2 aromatic rings. The molecule has 1 amide bonds. The second-order valence-electron chi connectivity index (χ2n) is 8.04. The highest BCUT2D eigenvalue weighted by Crippen LogP contribution is 2.28. The lowest BCUT2D eigenvalue weighted by Crippen LogP contribution is -2.27. The summed E-state index contributed by atoms with van der Waals surface area (Å²) in [7, 11) is 0. The van der Waals surface area contributed by atoms with Crippen molar-refractivity contribution in [1.29, 1.82) is 0 Å². The summed E-state index contributed by atoms with van der Waals surface area (Å²) < 4.78 is 5.81. The van der Waals surface area contributed by atoms with Gasteiger partial charge >= 0.3 is 0 Å². The van der Waals surface area contributed by atoms with Crippen LogP contribution in [-0.4, -0.2) is 18.2 Å². The van der Waals surface area contributed by atoms with Crippen LogP contribution in [0.2, 0.25) is 0 Å². The summed E-state index contributed by atoms with van der Waals surface area (Å²) in [5, 5.41) is 4.43. The maximum atomic E-state index is 12.3. The van der Waals surface area contributed by atoms with E-state index in [-0.39, 0.29) is 12.5 Å². The number of aryl methyl sites for hydroxylation is 3. The number of nitrogens with one attached hydrogen (secondary N) is 1. The maximum Gasteiger partial charge on any atom is 0.277 e. The number of hydrogen-bond acceptors (Lipinski definition) is 3. The largest absolute Gasteiger partial charge is 0.483 e. The summed E-state index contributed by atoms with van der Waals surface area (Å²) in [6.07, 6.45) is 3.01. The van der Waals surface area contributed by atoms with Gasteiger partial charge in [-0.2, -0.15) is 5.10 Å². The minimum absolute atomic E-state index is 0.0420. The molecule has 2 aromatic carbocycles. The van der Waals surface area contributed by atoms with Gasteiger partial charge in [0.25, 0.3) is 5.91 Å². The van der Waals surface area contributed by atoms with Gasteiger partial charge in [0.1, 0.15) is 5.75 Å². The van der Waals surface area contributed by atoms with Gasteiger partial charge in [0.2, 0.25) is 0 Å². The standard InChI is InChI=1S/C24H30N2O2/c1-15(2)19-10-9-16(3)13-23(19)28-14-24(27)26-25-22-8-6-7-20-18(5)11-17(4)12-21(20)22/h9-13,15H,6-8,14H2,1-5H3,(H,26,27)/b25-22+. The van der Waals surface area contributed by atoms with Gasteiger partial charge in [-0.3, -0.25) is 4.79 Å². The van der Waals surface area contributed by atoms with Crippen molar-refractivity contribution in [3.05, 3.63) is 63.7 Å². The van der Waals surface area contributed by atoms with E-state index in [2.05, 4.69) is 62.5 Å². The summed E-state index contributed by atoms with van der Waals surface area (Å²) in [6.45, 7) is 10.5. The normalized spacial score (nSPS) is 14.9. The van der Waals surface area contributed by atoms with E-state index in [9.17, 15) is 4.79 Å². The molecule has 28 heavy (non-hydrogen) atoms. The Morgan fingerprint density at radius 2 is 1.89 bits per heavy atom. The molecular formula is C24H30N2O2. The average Bonchev–Trinajstić information content (AvgIpc) is 2.64. The number of carbonyl (C=O) groups is 1. The van der Waals surface area contributed by atoms with E-state index >= 15 is 0 Å². The average molecular weight is 379 g/mol. The summed E-state index contributed by atoms with van der Waals surface area (Å²) in [6, 6.07) is 10.5. The van der Waals surface area contributed by atoms with Gasteiger partial charge in [0, 0.05) is 5.56 Å². The van der Waals surface area contributed by atoms with Gasteiger partial charge in [0.15, 0.2) is 6.61 Å². The van der Waals surface area contributed by atoms with Crippen LogP contribution in [0.25, 0.3) is 0 Å². The Kier molecular flexibility index (Phi) is 6.18. The molecule has 0 heterocycles. The highest BCUT2D eigenvalue weighted by Gasteiger charge is 2.18. The third kappa shape index (κ3) is 4.61. The summed E-state index contributed by atoms with van der Waals surface area (Å²) in [5.41, 5.74) is 10.9. The van der Waals surface area contributed by atoms with Crippen molar-refractivity contribution in [1.82, 2.24) is 5.43 Å². The molecule has 1 aliphatic carbocycles. The number of carbonyl (C=O) groups excluding carboxylic acids is 1. The zero-order valence-electron chi connectivity index (χ0n) is 17.6. The number of fused-ring (bicyclic) bond motifs is 1. The van der Waals surface area contributed by atoms with E-state index in [4.69, 9.17) is 4.74 Å². The van der Waals surface area contributed by atoms with Crippen molar-refractivity contribution < 1.29 is 9.53 Å². The lowest BCUT2D eigenvalue weighted by Gasteiger charge is -2.21. The van der Waals surface area contributed by atoms with Crippen LogP contribution in [0.1, 0.15) is 66.0 Å². The van der Waals surface area contributed by atoms with Gasteiger partial charge in [-0.25, -0.2) is 5.43 Å². The molecule has 1 aliphatic rings. The van der Waals surface area contributed by atoms with E-state index in [0.717, 1.165) is 41.9 Å². The van der Waals surface area contributed by atoms with Crippen LogP contribution < -0.4 is 10.2 Å². The lowest BCUT2D eigenvalue weighted by molar-refractivity contribution is -0.123. The van der Waals surface area contributed by atoms with E-state index in [0.29, 0.717) is 5.92 Å². The molecule has 0 saturated heterocycles. The van der Waals surface area contributed by atoms with E-state index < -0.39 is 0 Å². The first-order valence-corrected chi connectivity index (χ1v) is 10.0. The van der Waals surface area contributed by atoms with E-state index in [1.165, 1.54) is 22.3 Å². The van der Waals surface area contributed by atoms with Gasteiger partial charge in [-0.05, 0) is 80.3 Å². The van der Waals surface area contributed by atoms with Gasteiger partial charge in [-0.1, -0.05) is 37.6 Å². The maximum absolute atomic E-state index is 12.3. The molecule has 4 nitrogen and oxygen atoms in total. The van der Waals surface area contributed by atoms with Crippen LogP contribution in [0.4, 0.5) is 0 Å². The SMILES string of the molecule is Cc1ccc(C(C)C)c(OCC(=O)N/N=C2\CCCc3c(C)cc(C)cc32)c1. The molecular weight excluding hydrogens is 348 g/mol. The smallest absolute Gasteiger partial charge is 0.277 e. The third-order valence-corrected chi connectivity index (χ3v) is 5.23. The van der Waals surface area contributed by atoms with Crippen LogP contribution in [0.5, 0.6) is 5.75 Å². The van der Waals surface area contributed by atoms with Crippen LogP contribution in [0, 0.1) is 20.8 Å². The fourth-order valence-corrected chi connectivity index (χ4v) is 3.82. The van der Waals surface area contributed by atoms with Crippen molar-refractivity contribution in [3.8, 4) is 5.75 Å². The van der Waals surface area contributed by atoms with Gasteiger partial charge < -0.3 is 4.74 Å². The van der Waals surface area contributed by atoms with Crippen LogP contribution in [0.3, 0.4) is 0 Å². The van der Waals surface area contributed by atoms with Crippen molar-refractivity contribution in [2.24, 2.45) is 5.10 Å². The van der Waals surface area contributed by atoms with E-state index in [1.54, 1.807) is 0 Å². The highest BCUT2D eigenvalue weighted by molar-refractivity contribution is 6.03. The Bertz CT molecular complexity index is 913.